The summed E-state index contributed by atoms with van der Waals surface area (Å²) in [6.45, 7) is 0. The monoisotopic (exact) mass is 301 g/mol. The molecule has 20 heavy (non-hydrogen) atoms. The second kappa shape index (κ2) is 5.16. The van der Waals surface area contributed by atoms with Gasteiger partial charge in [0.05, 0.1) is 28.9 Å². The molecule has 0 amide bonds. The van der Waals surface area contributed by atoms with Gasteiger partial charge in [-0.15, -0.1) is 0 Å². The molecule has 2 aromatic heterocycles. The number of rotatable bonds is 2. The molecule has 0 radical (unpaired) electrons. The summed E-state index contributed by atoms with van der Waals surface area (Å²) in [4.78, 5) is 4.57. The second-order valence-corrected chi connectivity index (χ2v) is 5.14. The Labute approximate surface area is 126 Å². The zero-order chi connectivity index (χ0) is 14.1. The van der Waals surface area contributed by atoms with E-state index in [2.05, 4.69) is 11.1 Å². The van der Waals surface area contributed by atoms with Gasteiger partial charge >= 0.3 is 0 Å². The van der Waals surface area contributed by atoms with E-state index in [0.29, 0.717) is 15.7 Å². The fourth-order valence-corrected chi connectivity index (χ4v) is 2.50. The first-order valence-corrected chi connectivity index (χ1v) is 6.74. The van der Waals surface area contributed by atoms with Crippen LogP contribution in [0.1, 0.15) is 5.69 Å². The Balaban J connectivity index is 2.29. The van der Waals surface area contributed by atoms with Gasteiger partial charge in [0.2, 0.25) is 0 Å². The molecule has 3 aromatic rings. The van der Waals surface area contributed by atoms with E-state index in [1.54, 1.807) is 18.2 Å². The van der Waals surface area contributed by atoms with E-state index in [0.717, 1.165) is 17.0 Å². The molecule has 98 valence electrons. The van der Waals surface area contributed by atoms with Crippen molar-refractivity contribution >= 4 is 28.8 Å². The number of pyridine rings is 1. The maximum absolute atomic E-state index is 9.04. The summed E-state index contributed by atoms with van der Waals surface area (Å²) in [5.74, 6) is 0. The normalized spacial score (nSPS) is 10.7. The molecule has 0 saturated carbocycles. The van der Waals surface area contributed by atoms with Crippen molar-refractivity contribution < 1.29 is 0 Å². The first kappa shape index (κ1) is 13.0. The van der Waals surface area contributed by atoms with Crippen molar-refractivity contribution in [2.75, 3.05) is 0 Å². The fourth-order valence-electron chi connectivity index (χ4n) is 2.17. The zero-order valence-electron chi connectivity index (χ0n) is 10.3. The van der Waals surface area contributed by atoms with Gasteiger partial charge in [-0.2, -0.15) is 5.26 Å². The fraction of sp³-hybridized carbons (Fsp3) is 0.0667. The Bertz CT molecular complexity index is 813. The van der Waals surface area contributed by atoms with Crippen molar-refractivity contribution in [3.05, 3.63) is 58.3 Å². The highest BCUT2D eigenvalue weighted by atomic mass is 35.5. The highest BCUT2D eigenvalue weighted by molar-refractivity contribution is 6.33. The van der Waals surface area contributed by atoms with Crippen molar-refractivity contribution in [2.45, 2.75) is 6.42 Å². The van der Waals surface area contributed by atoms with Gasteiger partial charge in [-0.05, 0) is 24.3 Å². The minimum Gasteiger partial charge on any atom is -0.301 e. The highest BCUT2D eigenvalue weighted by Crippen LogP contribution is 2.28. The van der Waals surface area contributed by atoms with E-state index in [9.17, 15) is 0 Å². The SMILES string of the molecule is N#CCc1c(-c2ccc(Cl)cc2)nc2c(Cl)cccn12. The summed E-state index contributed by atoms with van der Waals surface area (Å²) >= 11 is 12.1. The number of hydrogen-bond acceptors (Lipinski definition) is 2. The van der Waals surface area contributed by atoms with Crippen LogP contribution in [0.4, 0.5) is 0 Å². The van der Waals surface area contributed by atoms with Crippen LogP contribution in [0, 0.1) is 11.3 Å². The lowest BCUT2D eigenvalue weighted by molar-refractivity contribution is 1.06. The number of nitriles is 1. The van der Waals surface area contributed by atoms with Crippen LogP contribution in [-0.2, 0) is 6.42 Å². The number of nitrogens with zero attached hydrogens (tertiary/aromatic N) is 3. The molecule has 0 N–H and O–H groups in total. The van der Waals surface area contributed by atoms with Gasteiger partial charge in [-0.1, -0.05) is 35.3 Å². The molecular formula is C15H9Cl2N3. The summed E-state index contributed by atoms with van der Waals surface area (Å²) in [7, 11) is 0. The largest absolute Gasteiger partial charge is 0.301 e. The number of benzene rings is 1. The predicted molar refractivity (Wildman–Crippen MR) is 80.0 cm³/mol. The van der Waals surface area contributed by atoms with E-state index in [1.165, 1.54) is 0 Å². The molecule has 2 heterocycles. The third-order valence-corrected chi connectivity index (χ3v) is 3.61. The molecule has 0 saturated heterocycles. The van der Waals surface area contributed by atoms with Crippen LogP contribution < -0.4 is 0 Å². The number of imidazole rings is 1. The lowest BCUT2D eigenvalue weighted by Crippen LogP contribution is -1.93. The Morgan fingerprint density at radius 1 is 1.15 bits per heavy atom. The van der Waals surface area contributed by atoms with Crippen LogP contribution in [0.25, 0.3) is 16.9 Å². The smallest absolute Gasteiger partial charge is 0.156 e. The van der Waals surface area contributed by atoms with Crippen LogP contribution in [0.5, 0.6) is 0 Å². The number of hydrogen-bond donors (Lipinski definition) is 0. The standard InChI is InChI=1S/C15H9Cl2N3/c16-11-5-3-10(4-6-11)14-13(7-8-18)20-9-1-2-12(17)15(20)19-14/h1-6,9H,7H2. The topological polar surface area (TPSA) is 41.1 Å². The van der Waals surface area contributed by atoms with Crippen LogP contribution in [0.2, 0.25) is 10.0 Å². The molecule has 0 fully saturated rings. The van der Waals surface area contributed by atoms with Crippen LogP contribution >= 0.6 is 23.2 Å². The van der Waals surface area contributed by atoms with E-state index in [4.69, 9.17) is 28.5 Å². The molecule has 0 aliphatic carbocycles. The lowest BCUT2D eigenvalue weighted by atomic mass is 10.1. The molecule has 0 aliphatic rings. The maximum Gasteiger partial charge on any atom is 0.156 e. The molecule has 3 nitrogen and oxygen atoms in total. The number of halogens is 2. The predicted octanol–water partition coefficient (Wildman–Crippen LogP) is 4.37. The average Bonchev–Trinajstić information content (AvgIpc) is 2.81. The minimum absolute atomic E-state index is 0.263. The molecule has 0 bridgehead atoms. The van der Waals surface area contributed by atoms with Crippen molar-refractivity contribution in [2.24, 2.45) is 0 Å². The van der Waals surface area contributed by atoms with Gasteiger partial charge in [0.25, 0.3) is 0 Å². The molecule has 1 aromatic carbocycles. The van der Waals surface area contributed by atoms with Gasteiger partial charge in [-0.25, -0.2) is 4.98 Å². The Hall–Kier alpha value is -2.02. The van der Waals surface area contributed by atoms with Gasteiger partial charge in [-0.3, -0.25) is 0 Å². The van der Waals surface area contributed by atoms with Crippen molar-refractivity contribution in [3.8, 4) is 17.3 Å². The van der Waals surface area contributed by atoms with E-state index >= 15 is 0 Å². The summed E-state index contributed by atoms with van der Waals surface area (Å²) < 4.78 is 1.86. The lowest BCUT2D eigenvalue weighted by Gasteiger charge is -2.01. The molecule has 0 aliphatic heterocycles. The van der Waals surface area contributed by atoms with Crippen LogP contribution in [-0.4, -0.2) is 9.38 Å². The van der Waals surface area contributed by atoms with Gasteiger partial charge < -0.3 is 4.40 Å². The quantitative estimate of drug-likeness (QED) is 0.705. The molecule has 0 spiro atoms. The zero-order valence-corrected chi connectivity index (χ0v) is 11.9. The Kier molecular flexibility index (Phi) is 3.35. The van der Waals surface area contributed by atoms with Crippen molar-refractivity contribution in [1.29, 1.82) is 5.26 Å². The number of fused-ring (bicyclic) bond motifs is 1. The highest BCUT2D eigenvalue weighted by Gasteiger charge is 2.15. The molecule has 0 unspecified atom stereocenters. The Morgan fingerprint density at radius 2 is 1.90 bits per heavy atom. The third-order valence-electron chi connectivity index (χ3n) is 3.07. The van der Waals surface area contributed by atoms with E-state index < -0.39 is 0 Å². The maximum atomic E-state index is 9.04. The number of aromatic nitrogens is 2. The van der Waals surface area contributed by atoms with Crippen LogP contribution in [0.3, 0.4) is 0 Å². The molecule has 3 rings (SSSR count). The van der Waals surface area contributed by atoms with E-state index in [-0.39, 0.29) is 6.42 Å². The molecular weight excluding hydrogens is 293 g/mol. The minimum atomic E-state index is 0.263. The Morgan fingerprint density at radius 3 is 2.60 bits per heavy atom. The van der Waals surface area contributed by atoms with Crippen molar-refractivity contribution in [3.63, 3.8) is 0 Å². The molecule has 5 heteroatoms. The average molecular weight is 302 g/mol. The second-order valence-electron chi connectivity index (χ2n) is 4.30. The first-order chi connectivity index (χ1) is 9.70. The third kappa shape index (κ3) is 2.14. The first-order valence-electron chi connectivity index (χ1n) is 5.99. The van der Waals surface area contributed by atoms with Gasteiger partial charge in [0.15, 0.2) is 5.65 Å². The summed E-state index contributed by atoms with van der Waals surface area (Å²) in [6.07, 6.45) is 2.12. The van der Waals surface area contributed by atoms with Crippen molar-refractivity contribution in [1.82, 2.24) is 9.38 Å². The van der Waals surface area contributed by atoms with Gasteiger partial charge in [0.1, 0.15) is 0 Å². The van der Waals surface area contributed by atoms with Crippen LogP contribution in [0.15, 0.2) is 42.6 Å². The molecule has 0 atom stereocenters. The summed E-state index contributed by atoms with van der Waals surface area (Å²) in [5.41, 5.74) is 3.16. The van der Waals surface area contributed by atoms with E-state index in [1.807, 2.05) is 28.8 Å². The summed E-state index contributed by atoms with van der Waals surface area (Å²) in [5, 5.41) is 10.3. The summed E-state index contributed by atoms with van der Waals surface area (Å²) in [6, 6.07) is 13.2. The van der Waals surface area contributed by atoms with Gasteiger partial charge in [0, 0.05) is 16.8 Å².